The lowest BCUT2D eigenvalue weighted by molar-refractivity contribution is 0.366. The van der Waals surface area contributed by atoms with Gasteiger partial charge < -0.3 is 5.32 Å². The van der Waals surface area contributed by atoms with E-state index >= 15 is 0 Å². The first-order valence-electron chi connectivity index (χ1n) is 7.44. The van der Waals surface area contributed by atoms with Gasteiger partial charge in [0.2, 0.25) is 0 Å². The molecule has 1 unspecified atom stereocenters. The van der Waals surface area contributed by atoms with Gasteiger partial charge in [-0.05, 0) is 67.3 Å². The highest BCUT2D eigenvalue weighted by Crippen LogP contribution is 2.27. The SMILES string of the molecule is CCNC(Cc1ccc(F)c(Cl)c1)CC1CCSCC1. The van der Waals surface area contributed by atoms with Crippen LogP contribution >= 0.6 is 23.4 Å². The van der Waals surface area contributed by atoms with E-state index in [9.17, 15) is 4.39 Å². The Morgan fingerprint density at radius 1 is 1.40 bits per heavy atom. The van der Waals surface area contributed by atoms with Crippen molar-refractivity contribution in [1.82, 2.24) is 5.32 Å². The van der Waals surface area contributed by atoms with Crippen LogP contribution in [0.15, 0.2) is 18.2 Å². The topological polar surface area (TPSA) is 12.0 Å². The molecule has 0 radical (unpaired) electrons. The molecule has 0 spiro atoms. The van der Waals surface area contributed by atoms with E-state index in [1.54, 1.807) is 6.07 Å². The lowest BCUT2D eigenvalue weighted by atomic mass is 9.91. The number of nitrogens with one attached hydrogen (secondary N) is 1. The summed E-state index contributed by atoms with van der Waals surface area (Å²) in [6, 6.07) is 5.55. The van der Waals surface area contributed by atoms with Gasteiger partial charge in [-0.2, -0.15) is 11.8 Å². The molecule has 1 heterocycles. The Kier molecular flexibility index (Phi) is 6.66. The number of halogens is 2. The molecule has 0 saturated carbocycles. The Balaban J connectivity index is 1.94. The molecule has 4 heteroatoms. The summed E-state index contributed by atoms with van der Waals surface area (Å²) in [5.74, 6) is 3.09. The molecule has 112 valence electrons. The van der Waals surface area contributed by atoms with Crippen LogP contribution in [0, 0.1) is 11.7 Å². The Morgan fingerprint density at radius 3 is 2.80 bits per heavy atom. The highest BCUT2D eigenvalue weighted by molar-refractivity contribution is 7.99. The van der Waals surface area contributed by atoms with Crippen LogP contribution in [0.2, 0.25) is 5.02 Å². The van der Waals surface area contributed by atoms with Crippen LogP contribution in [-0.2, 0) is 6.42 Å². The molecule has 1 saturated heterocycles. The van der Waals surface area contributed by atoms with E-state index in [0.29, 0.717) is 6.04 Å². The van der Waals surface area contributed by atoms with Crippen molar-refractivity contribution in [2.45, 2.75) is 38.6 Å². The van der Waals surface area contributed by atoms with Crippen LogP contribution in [0.25, 0.3) is 0 Å². The van der Waals surface area contributed by atoms with E-state index < -0.39 is 0 Å². The molecule has 1 nitrogen and oxygen atoms in total. The lowest BCUT2D eigenvalue weighted by Gasteiger charge is -2.27. The van der Waals surface area contributed by atoms with Gasteiger partial charge in [-0.3, -0.25) is 0 Å². The molecule has 2 rings (SSSR count). The normalized spacial score (nSPS) is 18.1. The summed E-state index contributed by atoms with van der Waals surface area (Å²) in [6.45, 7) is 3.11. The third kappa shape index (κ3) is 4.94. The molecule has 1 aliphatic rings. The number of benzene rings is 1. The number of likely N-dealkylation sites (N-methyl/N-ethyl adjacent to an activating group) is 1. The molecule has 0 amide bonds. The zero-order valence-electron chi connectivity index (χ0n) is 12.0. The standard InChI is InChI=1S/C16H23ClFNS/c1-2-19-14(9-12-5-7-20-8-6-12)10-13-3-4-16(18)15(17)11-13/h3-4,11-12,14,19H,2,5-10H2,1H3. The molecule has 20 heavy (non-hydrogen) atoms. The average molecular weight is 316 g/mol. The van der Waals surface area contributed by atoms with Crippen molar-refractivity contribution in [3.8, 4) is 0 Å². The van der Waals surface area contributed by atoms with Gasteiger partial charge in [0, 0.05) is 6.04 Å². The van der Waals surface area contributed by atoms with Gasteiger partial charge in [0.05, 0.1) is 5.02 Å². The summed E-state index contributed by atoms with van der Waals surface area (Å²) >= 11 is 7.94. The summed E-state index contributed by atoms with van der Waals surface area (Å²) < 4.78 is 13.2. The number of hydrogen-bond donors (Lipinski definition) is 1. The van der Waals surface area contributed by atoms with Gasteiger partial charge in [-0.25, -0.2) is 4.39 Å². The average Bonchev–Trinajstić information content (AvgIpc) is 2.44. The fourth-order valence-corrected chi connectivity index (χ4v) is 4.27. The number of thioether (sulfide) groups is 1. The first-order chi connectivity index (χ1) is 9.69. The van der Waals surface area contributed by atoms with Crippen LogP contribution in [0.4, 0.5) is 4.39 Å². The van der Waals surface area contributed by atoms with Crippen molar-refractivity contribution in [2.24, 2.45) is 5.92 Å². The summed E-state index contributed by atoms with van der Waals surface area (Å²) in [5.41, 5.74) is 1.12. The van der Waals surface area contributed by atoms with Crippen LogP contribution in [0.1, 0.15) is 31.7 Å². The highest BCUT2D eigenvalue weighted by atomic mass is 35.5. The van der Waals surface area contributed by atoms with Crippen molar-refractivity contribution in [1.29, 1.82) is 0 Å². The predicted octanol–water partition coefficient (Wildman–Crippen LogP) is 4.53. The molecule has 1 N–H and O–H groups in total. The molecule has 0 aromatic heterocycles. The fraction of sp³-hybridized carbons (Fsp3) is 0.625. The van der Waals surface area contributed by atoms with E-state index in [1.165, 1.54) is 36.8 Å². The van der Waals surface area contributed by atoms with Gasteiger partial charge in [-0.15, -0.1) is 0 Å². The van der Waals surface area contributed by atoms with Crippen molar-refractivity contribution in [2.75, 3.05) is 18.1 Å². The first kappa shape index (κ1) is 16.1. The first-order valence-corrected chi connectivity index (χ1v) is 8.97. The van der Waals surface area contributed by atoms with E-state index in [0.717, 1.165) is 24.4 Å². The molecule has 1 atom stereocenters. The maximum Gasteiger partial charge on any atom is 0.141 e. The third-order valence-corrected chi connectivity index (χ3v) is 5.26. The lowest BCUT2D eigenvalue weighted by Crippen LogP contribution is -2.33. The maximum atomic E-state index is 13.2. The second kappa shape index (κ2) is 8.26. The molecule has 1 aliphatic heterocycles. The van der Waals surface area contributed by atoms with Gasteiger partial charge in [0.15, 0.2) is 0 Å². The zero-order valence-corrected chi connectivity index (χ0v) is 13.6. The fourth-order valence-electron chi connectivity index (χ4n) is 2.86. The van der Waals surface area contributed by atoms with Gasteiger partial charge >= 0.3 is 0 Å². The van der Waals surface area contributed by atoms with Crippen LogP contribution in [0.5, 0.6) is 0 Å². The smallest absolute Gasteiger partial charge is 0.141 e. The third-order valence-electron chi connectivity index (χ3n) is 3.92. The van der Waals surface area contributed by atoms with E-state index in [4.69, 9.17) is 11.6 Å². The van der Waals surface area contributed by atoms with Gasteiger partial charge in [0.1, 0.15) is 5.82 Å². The second-order valence-electron chi connectivity index (χ2n) is 5.50. The number of rotatable bonds is 6. The molecular weight excluding hydrogens is 293 g/mol. The molecule has 0 aliphatic carbocycles. The Hall–Kier alpha value is -0.250. The van der Waals surface area contributed by atoms with Crippen LogP contribution in [-0.4, -0.2) is 24.1 Å². The van der Waals surface area contributed by atoms with E-state index in [-0.39, 0.29) is 10.8 Å². The quantitative estimate of drug-likeness (QED) is 0.827. The van der Waals surface area contributed by atoms with E-state index in [2.05, 4.69) is 24.0 Å². The van der Waals surface area contributed by atoms with Crippen molar-refractivity contribution in [3.05, 3.63) is 34.6 Å². The molecular formula is C16H23ClFNS. The predicted molar refractivity (Wildman–Crippen MR) is 87.2 cm³/mol. The summed E-state index contributed by atoms with van der Waals surface area (Å²) in [4.78, 5) is 0. The molecule has 1 aromatic carbocycles. The molecule has 1 aromatic rings. The largest absolute Gasteiger partial charge is 0.314 e. The summed E-state index contributed by atoms with van der Waals surface area (Å²) in [5, 5.41) is 3.80. The van der Waals surface area contributed by atoms with Crippen molar-refractivity contribution < 1.29 is 4.39 Å². The Bertz CT molecular complexity index is 421. The maximum absolute atomic E-state index is 13.2. The monoisotopic (exact) mass is 315 g/mol. The molecule has 0 bridgehead atoms. The van der Waals surface area contributed by atoms with Crippen molar-refractivity contribution in [3.63, 3.8) is 0 Å². The number of hydrogen-bond acceptors (Lipinski definition) is 2. The zero-order chi connectivity index (χ0) is 14.4. The van der Waals surface area contributed by atoms with Crippen LogP contribution in [0.3, 0.4) is 0 Å². The van der Waals surface area contributed by atoms with Gasteiger partial charge in [-0.1, -0.05) is 24.6 Å². The minimum Gasteiger partial charge on any atom is -0.314 e. The second-order valence-corrected chi connectivity index (χ2v) is 7.13. The van der Waals surface area contributed by atoms with Gasteiger partial charge in [0.25, 0.3) is 0 Å². The minimum absolute atomic E-state index is 0.229. The summed E-state index contributed by atoms with van der Waals surface area (Å²) in [6.07, 6.45) is 4.80. The Morgan fingerprint density at radius 2 is 2.15 bits per heavy atom. The molecule has 1 fully saturated rings. The van der Waals surface area contributed by atoms with Crippen LogP contribution < -0.4 is 5.32 Å². The highest BCUT2D eigenvalue weighted by Gasteiger charge is 2.19. The Labute approximate surface area is 130 Å². The summed E-state index contributed by atoms with van der Waals surface area (Å²) in [7, 11) is 0. The minimum atomic E-state index is -0.334. The van der Waals surface area contributed by atoms with Crippen molar-refractivity contribution >= 4 is 23.4 Å². The van der Waals surface area contributed by atoms with E-state index in [1.807, 2.05) is 6.07 Å².